The van der Waals surface area contributed by atoms with Crippen molar-refractivity contribution in [1.29, 1.82) is 0 Å². The molecule has 0 amide bonds. The fraction of sp³-hybridized carbons (Fsp3) is 0.0833. The number of aromatic carboxylic acids is 1. The van der Waals surface area contributed by atoms with Crippen molar-refractivity contribution >= 4 is 28.9 Å². The van der Waals surface area contributed by atoms with Crippen LogP contribution in [0.2, 0.25) is 4.34 Å². The summed E-state index contributed by atoms with van der Waals surface area (Å²) >= 11 is 7.19. The zero-order valence-corrected chi connectivity index (χ0v) is 10.5. The first kappa shape index (κ1) is 12.0. The molecule has 88 valence electrons. The highest BCUT2D eigenvalue weighted by molar-refractivity contribution is 7.19. The van der Waals surface area contributed by atoms with Crippen LogP contribution in [0.1, 0.15) is 10.4 Å². The number of methoxy groups -OCH3 is 1. The maximum Gasteiger partial charge on any atom is 0.336 e. The predicted octanol–water partition coefficient (Wildman–Crippen LogP) is 3.78. The Morgan fingerprint density at radius 3 is 2.65 bits per heavy atom. The molecule has 1 heterocycles. The number of thiophene rings is 1. The van der Waals surface area contributed by atoms with Crippen LogP contribution in [0, 0.1) is 0 Å². The zero-order chi connectivity index (χ0) is 12.4. The van der Waals surface area contributed by atoms with Crippen LogP contribution in [0.5, 0.6) is 5.75 Å². The molecule has 2 rings (SSSR count). The van der Waals surface area contributed by atoms with E-state index in [4.69, 9.17) is 21.4 Å². The van der Waals surface area contributed by atoms with E-state index in [0.717, 1.165) is 4.88 Å². The van der Waals surface area contributed by atoms with Crippen molar-refractivity contribution in [3.63, 3.8) is 0 Å². The van der Waals surface area contributed by atoms with E-state index in [1.807, 2.05) is 0 Å². The van der Waals surface area contributed by atoms with E-state index in [2.05, 4.69) is 0 Å². The summed E-state index contributed by atoms with van der Waals surface area (Å²) in [6.07, 6.45) is 0. The van der Waals surface area contributed by atoms with Gasteiger partial charge in [-0.3, -0.25) is 0 Å². The topological polar surface area (TPSA) is 46.5 Å². The fourth-order valence-corrected chi connectivity index (χ4v) is 2.58. The summed E-state index contributed by atoms with van der Waals surface area (Å²) < 4.78 is 5.65. The third-order valence-electron chi connectivity index (χ3n) is 2.30. The van der Waals surface area contributed by atoms with Gasteiger partial charge in [-0.1, -0.05) is 11.6 Å². The van der Waals surface area contributed by atoms with Gasteiger partial charge in [0.1, 0.15) is 5.75 Å². The van der Waals surface area contributed by atoms with Crippen LogP contribution in [0.15, 0.2) is 30.3 Å². The molecule has 0 unspecified atom stereocenters. The Labute approximate surface area is 107 Å². The average Bonchev–Trinajstić information content (AvgIpc) is 2.75. The Morgan fingerprint density at radius 1 is 1.35 bits per heavy atom. The SMILES string of the molecule is COc1ccc(-c2ccc(Cl)s2)c(C(=O)O)c1. The molecule has 2 aromatic rings. The van der Waals surface area contributed by atoms with E-state index in [1.54, 1.807) is 24.3 Å². The Morgan fingerprint density at radius 2 is 2.12 bits per heavy atom. The lowest BCUT2D eigenvalue weighted by Gasteiger charge is -2.06. The van der Waals surface area contributed by atoms with Crippen LogP contribution in [0.4, 0.5) is 0 Å². The molecule has 0 aliphatic carbocycles. The number of halogens is 1. The molecule has 0 spiro atoms. The number of carboxylic acid groups (broad SMARTS) is 1. The number of rotatable bonds is 3. The van der Waals surface area contributed by atoms with Crippen molar-refractivity contribution in [3.05, 3.63) is 40.2 Å². The number of benzene rings is 1. The predicted molar refractivity (Wildman–Crippen MR) is 68.3 cm³/mol. The van der Waals surface area contributed by atoms with Crippen LogP contribution in [-0.4, -0.2) is 18.2 Å². The second-order valence-electron chi connectivity index (χ2n) is 3.32. The summed E-state index contributed by atoms with van der Waals surface area (Å²) in [6, 6.07) is 8.52. The van der Waals surface area contributed by atoms with Crippen LogP contribution in [0.3, 0.4) is 0 Å². The molecule has 3 nitrogen and oxygen atoms in total. The molecule has 0 aliphatic heterocycles. The monoisotopic (exact) mass is 268 g/mol. The minimum absolute atomic E-state index is 0.211. The highest BCUT2D eigenvalue weighted by atomic mass is 35.5. The fourth-order valence-electron chi connectivity index (χ4n) is 1.50. The molecular formula is C12H9ClO3S. The Hall–Kier alpha value is -1.52. The van der Waals surface area contributed by atoms with Crippen LogP contribution in [-0.2, 0) is 0 Å². The van der Waals surface area contributed by atoms with E-state index in [1.165, 1.54) is 24.5 Å². The maximum atomic E-state index is 11.2. The van der Waals surface area contributed by atoms with Crippen LogP contribution < -0.4 is 4.74 Å². The highest BCUT2D eigenvalue weighted by Gasteiger charge is 2.14. The standard InChI is InChI=1S/C12H9ClO3S/c1-16-7-2-3-8(9(6-7)12(14)15)10-4-5-11(13)17-10/h2-6H,1H3,(H,14,15). The number of ether oxygens (including phenoxy) is 1. The van der Waals surface area contributed by atoms with E-state index in [0.29, 0.717) is 15.6 Å². The summed E-state index contributed by atoms with van der Waals surface area (Å²) in [5.74, 6) is -0.461. The molecule has 17 heavy (non-hydrogen) atoms. The van der Waals surface area contributed by atoms with E-state index >= 15 is 0 Å². The van der Waals surface area contributed by atoms with Gasteiger partial charge < -0.3 is 9.84 Å². The minimum atomic E-state index is -0.983. The molecule has 0 fully saturated rings. The van der Waals surface area contributed by atoms with Gasteiger partial charge in [0.05, 0.1) is 17.0 Å². The van der Waals surface area contributed by atoms with E-state index in [-0.39, 0.29) is 5.56 Å². The van der Waals surface area contributed by atoms with Crippen LogP contribution >= 0.6 is 22.9 Å². The van der Waals surface area contributed by atoms with Gasteiger partial charge in [-0.15, -0.1) is 11.3 Å². The lowest BCUT2D eigenvalue weighted by molar-refractivity contribution is 0.0697. The second-order valence-corrected chi connectivity index (χ2v) is 5.04. The van der Waals surface area contributed by atoms with Crippen molar-refractivity contribution in [1.82, 2.24) is 0 Å². The quantitative estimate of drug-likeness (QED) is 0.922. The summed E-state index contributed by atoms with van der Waals surface area (Å²) in [7, 11) is 1.50. The largest absolute Gasteiger partial charge is 0.497 e. The van der Waals surface area contributed by atoms with Gasteiger partial charge in [-0.25, -0.2) is 4.79 Å². The Kier molecular flexibility index (Phi) is 3.36. The minimum Gasteiger partial charge on any atom is -0.497 e. The third kappa shape index (κ3) is 2.43. The highest BCUT2D eigenvalue weighted by Crippen LogP contribution is 2.34. The van der Waals surface area contributed by atoms with Gasteiger partial charge in [0.2, 0.25) is 0 Å². The van der Waals surface area contributed by atoms with Gasteiger partial charge in [0, 0.05) is 10.4 Å². The number of carboxylic acids is 1. The molecule has 1 aromatic carbocycles. The summed E-state index contributed by atoms with van der Waals surface area (Å²) in [5, 5.41) is 9.17. The van der Waals surface area contributed by atoms with Gasteiger partial charge >= 0.3 is 5.97 Å². The molecular weight excluding hydrogens is 260 g/mol. The molecule has 0 saturated carbocycles. The van der Waals surface area contributed by atoms with Crippen molar-refractivity contribution < 1.29 is 14.6 Å². The van der Waals surface area contributed by atoms with Gasteiger partial charge in [-0.05, 0) is 30.3 Å². The number of carbonyl (C=O) groups is 1. The lowest BCUT2D eigenvalue weighted by Crippen LogP contribution is -1.99. The van der Waals surface area contributed by atoms with Crippen molar-refractivity contribution in [2.45, 2.75) is 0 Å². The first-order valence-corrected chi connectivity index (χ1v) is 5.98. The first-order chi connectivity index (χ1) is 8.11. The van der Waals surface area contributed by atoms with Crippen molar-refractivity contribution in [3.8, 4) is 16.2 Å². The zero-order valence-electron chi connectivity index (χ0n) is 8.94. The van der Waals surface area contributed by atoms with Gasteiger partial charge in [0.15, 0.2) is 0 Å². The van der Waals surface area contributed by atoms with Gasteiger partial charge in [0.25, 0.3) is 0 Å². The first-order valence-electron chi connectivity index (χ1n) is 4.79. The average molecular weight is 269 g/mol. The van der Waals surface area contributed by atoms with Crippen molar-refractivity contribution in [2.75, 3.05) is 7.11 Å². The summed E-state index contributed by atoms with van der Waals surface area (Å²) in [6.45, 7) is 0. The molecule has 0 aliphatic rings. The number of hydrogen-bond acceptors (Lipinski definition) is 3. The van der Waals surface area contributed by atoms with E-state index in [9.17, 15) is 4.79 Å². The Balaban J connectivity index is 2.57. The molecule has 0 atom stereocenters. The summed E-state index contributed by atoms with van der Waals surface area (Å²) in [5.41, 5.74) is 0.859. The number of hydrogen-bond donors (Lipinski definition) is 1. The molecule has 0 saturated heterocycles. The van der Waals surface area contributed by atoms with E-state index < -0.39 is 5.97 Å². The van der Waals surface area contributed by atoms with Crippen LogP contribution in [0.25, 0.3) is 10.4 Å². The molecule has 0 bridgehead atoms. The molecule has 1 aromatic heterocycles. The normalized spacial score (nSPS) is 10.2. The third-order valence-corrected chi connectivity index (χ3v) is 3.56. The maximum absolute atomic E-state index is 11.2. The smallest absolute Gasteiger partial charge is 0.336 e. The molecule has 0 radical (unpaired) electrons. The van der Waals surface area contributed by atoms with Gasteiger partial charge in [-0.2, -0.15) is 0 Å². The molecule has 1 N–H and O–H groups in total. The van der Waals surface area contributed by atoms with Crippen molar-refractivity contribution in [2.24, 2.45) is 0 Å². The lowest BCUT2D eigenvalue weighted by atomic mass is 10.1. The molecule has 5 heteroatoms. The summed E-state index contributed by atoms with van der Waals surface area (Å²) in [4.78, 5) is 12.0. The second kappa shape index (κ2) is 4.77. The Bertz CT molecular complexity index is 563.